The summed E-state index contributed by atoms with van der Waals surface area (Å²) in [6.07, 6.45) is 0. The van der Waals surface area contributed by atoms with Crippen molar-refractivity contribution in [2.75, 3.05) is 0 Å². The largest absolute Gasteiger partial charge is 0 e. The summed E-state index contributed by atoms with van der Waals surface area (Å²) in [7, 11) is 1.56. The molecule has 2 radical (unpaired) electrons. The van der Waals surface area contributed by atoms with E-state index in [0.717, 1.165) is 0 Å². The van der Waals surface area contributed by atoms with Crippen LogP contribution >= 0.6 is 0 Å². The van der Waals surface area contributed by atoms with Crippen LogP contribution in [0.25, 0.3) is 0 Å². The van der Waals surface area contributed by atoms with Crippen LogP contribution in [-0.2, 0) is 16.5 Å². The first-order valence-corrected chi connectivity index (χ1v) is 17.5. The normalized spacial score (nSPS) is 4.00. The van der Waals surface area contributed by atoms with Gasteiger partial charge in [0.1, 0.15) is 0 Å². The van der Waals surface area contributed by atoms with E-state index in [1.54, 1.807) is 7.19 Å². The van der Waals surface area contributed by atoms with Gasteiger partial charge in [-0.05, 0) is 0 Å². The number of hydrogen-bond donors (Lipinski definition) is 0. The van der Waals surface area contributed by atoms with E-state index in [1.807, 2.05) is 0 Å². The summed E-state index contributed by atoms with van der Waals surface area (Å²) in [4.78, 5) is 0. The van der Waals surface area contributed by atoms with Gasteiger partial charge in [-0.3, -0.25) is 0 Å². The Labute approximate surface area is 68.5 Å². The van der Waals surface area contributed by atoms with Crippen LogP contribution in [0.5, 0.6) is 0 Å². The fraction of sp³-hybridized carbons (Fsp3) is 0. The molecular weight excluding hydrogens is 332 g/mol. The van der Waals surface area contributed by atoms with Crippen LogP contribution in [0.1, 0.15) is 0 Å². The Morgan fingerprint density at radius 2 is 1.60 bits per heavy atom. The van der Waals surface area contributed by atoms with Crippen molar-refractivity contribution in [3.63, 3.8) is 0 Å². The summed E-state index contributed by atoms with van der Waals surface area (Å²) in [5.74, 6) is 0. The van der Waals surface area contributed by atoms with Crippen LogP contribution in [-0.4, -0.2) is 52.9 Å². The van der Waals surface area contributed by atoms with E-state index in [2.05, 4.69) is 5.22 Å². The molecule has 0 aromatic carbocycles. The third-order valence-electron chi connectivity index (χ3n) is 0. The zero-order chi connectivity index (χ0) is 2.71. The van der Waals surface area contributed by atoms with Crippen molar-refractivity contribution >= 4 is 52.9 Å². The molecule has 0 aliphatic carbocycles. The maximum Gasteiger partial charge on any atom is 0 e. The second-order valence-electron chi connectivity index (χ2n) is 0.500. The van der Waals surface area contributed by atoms with E-state index in [1.165, 1.54) is 0 Å². The minimum Gasteiger partial charge on any atom is 0 e. The predicted octanol–water partition coefficient (Wildman–Crippen LogP) is -3.67. The number of rotatable bonds is 0. The molecule has 0 atom stereocenters. The van der Waals surface area contributed by atoms with Crippen LogP contribution in [0.15, 0.2) is 0 Å². The molecule has 0 saturated carbocycles. The molecule has 0 unspecified atom stereocenters. The summed E-state index contributed by atoms with van der Waals surface area (Å²) < 4.78 is 0. The molecule has 5 heavy (non-hydrogen) atoms. The van der Waals surface area contributed by atoms with E-state index in [0.29, 0.717) is 0 Å². The average Bonchev–Trinajstić information content (AvgIpc) is 0.918. The Morgan fingerprint density at radius 1 is 1.60 bits per heavy atom. The first kappa shape index (κ1) is 15.7. The maximum atomic E-state index is 2.38. The van der Waals surface area contributed by atoms with Gasteiger partial charge in [-0.25, -0.2) is 0 Å². The first-order valence-electron chi connectivity index (χ1n) is 1.00. The smallest absolute Gasteiger partial charge is 0 e. The quantitative estimate of drug-likeness (QED) is 0.399. The van der Waals surface area contributed by atoms with Crippen LogP contribution in [0.2, 0.25) is 0 Å². The molecule has 0 heterocycles. The van der Waals surface area contributed by atoms with Crippen LogP contribution in [0.4, 0.5) is 0 Å². The van der Waals surface area contributed by atoms with Gasteiger partial charge in [-0.15, -0.1) is 0 Å². The molecule has 0 spiro atoms. The molecule has 0 nitrogen and oxygen atoms in total. The fourth-order valence-electron chi connectivity index (χ4n) is 0. The zero-order valence-corrected chi connectivity index (χ0v) is 9.69. The minimum absolute atomic E-state index is 0. The zero-order valence-electron chi connectivity index (χ0n) is 2.82. The molecule has 0 bridgehead atoms. The predicted molar refractivity (Wildman–Crippen MR) is 34.2 cm³/mol. The van der Waals surface area contributed by atoms with Gasteiger partial charge in [0, 0.05) is 16.5 Å². The molecule has 0 aromatic heterocycles. The van der Waals surface area contributed by atoms with E-state index >= 15 is 0 Å². The standard InChI is InChI=1S/Al.BH2.Ni.Pb.H3Si.3H/h;1H2;;;1H3;;;/q;+1;;-1;;;;. The third kappa shape index (κ3) is 22.4. The second-order valence-corrected chi connectivity index (χ2v) is 13.2. The van der Waals surface area contributed by atoms with E-state index in [4.69, 9.17) is 0 Å². The molecule has 5 heteroatoms. The molecule has 0 fully saturated rings. The van der Waals surface area contributed by atoms with Crippen molar-refractivity contribution in [2.45, 2.75) is 0 Å². The topological polar surface area (TPSA) is 0 Å². The maximum absolute atomic E-state index is 2.38. The molecule has 0 aliphatic rings. The van der Waals surface area contributed by atoms with Crippen molar-refractivity contribution in [3.8, 4) is 0 Å². The summed E-state index contributed by atoms with van der Waals surface area (Å²) >= 11 is 0.222. The van der Waals surface area contributed by atoms with Crippen LogP contribution in [0, 0.1) is 0 Å². The second kappa shape index (κ2) is 16.3. The molecule has 0 amide bonds. The van der Waals surface area contributed by atoms with Gasteiger partial charge in [0.15, 0.2) is 17.4 Å². The Hall–Kier alpha value is 2.23. The molecule has 0 aromatic rings. The van der Waals surface area contributed by atoms with Gasteiger partial charge >= 0.3 is 35.5 Å². The van der Waals surface area contributed by atoms with Gasteiger partial charge in [-0.1, -0.05) is 0 Å². The van der Waals surface area contributed by atoms with Gasteiger partial charge in [0.2, 0.25) is 0 Å². The Kier molecular flexibility index (Phi) is 51.2. The Morgan fingerprint density at radius 3 is 1.60 bits per heavy atom. The van der Waals surface area contributed by atoms with Crippen molar-refractivity contribution in [1.82, 2.24) is 0 Å². The minimum atomic E-state index is 0. The summed E-state index contributed by atoms with van der Waals surface area (Å²) in [5, 5.41) is 2.38. The van der Waals surface area contributed by atoms with Crippen LogP contribution < -0.4 is 0 Å². The van der Waals surface area contributed by atoms with Crippen molar-refractivity contribution in [3.05, 3.63) is 0 Å². The SMILES string of the molecule is [AlH3].[BH2][Pb][SiH3].[Ni]. The van der Waals surface area contributed by atoms with Gasteiger partial charge in [0.25, 0.3) is 0 Å². The Bertz CT molecular complexity index is 11.6. The van der Waals surface area contributed by atoms with Gasteiger partial charge < -0.3 is 0 Å². The summed E-state index contributed by atoms with van der Waals surface area (Å²) in [5.41, 5.74) is 0. The molecular formula is H8AlBNiPbSi. The molecule has 0 aliphatic heterocycles. The van der Waals surface area contributed by atoms with Crippen molar-refractivity contribution in [2.24, 2.45) is 0 Å². The van der Waals surface area contributed by atoms with Crippen molar-refractivity contribution < 1.29 is 16.5 Å². The molecule has 0 rings (SSSR count). The molecule has 0 saturated heterocycles. The molecule has 0 N–H and O–H groups in total. The van der Waals surface area contributed by atoms with Crippen LogP contribution in [0.3, 0.4) is 0 Å². The third-order valence-corrected chi connectivity index (χ3v) is 0. The van der Waals surface area contributed by atoms with Gasteiger partial charge in [-0.2, -0.15) is 0 Å². The number of hydrogen-bond acceptors (Lipinski definition) is 0. The first-order chi connectivity index (χ1) is 1.41. The van der Waals surface area contributed by atoms with E-state index < -0.39 is 0 Å². The Balaban J connectivity index is -0.0000000200. The van der Waals surface area contributed by atoms with E-state index in [9.17, 15) is 0 Å². The van der Waals surface area contributed by atoms with Crippen molar-refractivity contribution in [1.29, 1.82) is 0 Å². The van der Waals surface area contributed by atoms with Gasteiger partial charge in [0.05, 0.1) is 0 Å². The summed E-state index contributed by atoms with van der Waals surface area (Å²) in [6, 6.07) is 0. The average molecular weight is 340 g/mol. The fourth-order valence-corrected chi connectivity index (χ4v) is 0. The summed E-state index contributed by atoms with van der Waals surface area (Å²) in [6.45, 7) is 0. The molecule has 32 valence electrons. The van der Waals surface area contributed by atoms with E-state index in [-0.39, 0.29) is 57.0 Å². The monoisotopic (exact) mass is 340 g/mol.